The first-order valence-corrected chi connectivity index (χ1v) is 5.09. The van der Waals surface area contributed by atoms with Crippen LogP contribution in [0.4, 0.5) is 0 Å². The molecule has 0 aliphatic rings. The lowest BCUT2D eigenvalue weighted by Gasteiger charge is -2.00. The SMILES string of the molecule is CCCCN(CCCC)[S+]=O. The van der Waals surface area contributed by atoms with E-state index in [9.17, 15) is 4.21 Å². The van der Waals surface area contributed by atoms with Gasteiger partial charge in [-0.2, -0.15) is 0 Å². The zero-order valence-corrected chi connectivity index (χ0v) is 8.32. The molecule has 0 aromatic carbocycles. The molecule has 0 N–H and O–H groups in total. The second-order valence-electron chi connectivity index (χ2n) is 2.71. The predicted octanol–water partition coefficient (Wildman–Crippen LogP) is 2.23. The maximum absolute atomic E-state index is 10.5. The van der Waals surface area contributed by atoms with Crippen molar-refractivity contribution >= 4 is 11.9 Å². The van der Waals surface area contributed by atoms with E-state index in [-0.39, 0.29) is 0 Å². The summed E-state index contributed by atoms with van der Waals surface area (Å²) in [6, 6.07) is 0. The Bertz CT molecular complexity index is 90.1. The second-order valence-corrected chi connectivity index (χ2v) is 3.38. The standard InChI is InChI=1S/C8H18NOS/c1-3-5-7-9(11-10)8-6-4-2/h3-8H2,1-2H3/q+1. The average molecular weight is 176 g/mol. The van der Waals surface area contributed by atoms with Gasteiger partial charge in [-0.3, -0.25) is 0 Å². The minimum Gasteiger partial charge on any atom is -0.0653 e. The molecule has 0 radical (unpaired) electrons. The van der Waals surface area contributed by atoms with Crippen molar-refractivity contribution in [3.05, 3.63) is 0 Å². The van der Waals surface area contributed by atoms with Crippen LogP contribution in [0.15, 0.2) is 0 Å². The third-order valence-corrected chi connectivity index (χ3v) is 2.20. The van der Waals surface area contributed by atoms with Crippen molar-refractivity contribution in [2.45, 2.75) is 39.5 Å². The minimum absolute atomic E-state index is 0.633. The van der Waals surface area contributed by atoms with Gasteiger partial charge in [0.25, 0.3) is 0 Å². The molecule has 0 rings (SSSR count). The van der Waals surface area contributed by atoms with Crippen molar-refractivity contribution in [1.82, 2.24) is 4.31 Å². The Kier molecular flexibility index (Phi) is 8.07. The lowest BCUT2D eigenvalue weighted by molar-refractivity contribution is 0.424. The fraction of sp³-hybridized carbons (Fsp3) is 1.00. The quantitative estimate of drug-likeness (QED) is 0.430. The van der Waals surface area contributed by atoms with Gasteiger partial charge in [0.2, 0.25) is 0 Å². The van der Waals surface area contributed by atoms with Crippen molar-refractivity contribution in [2.75, 3.05) is 13.1 Å². The molecule has 0 fully saturated rings. The molecule has 0 aromatic rings. The van der Waals surface area contributed by atoms with E-state index in [0.717, 1.165) is 25.9 Å². The van der Waals surface area contributed by atoms with Crippen molar-refractivity contribution in [3.63, 3.8) is 0 Å². The number of hydrogen-bond acceptors (Lipinski definition) is 1. The smallest absolute Gasteiger partial charge is 0.0653 e. The molecule has 0 saturated carbocycles. The number of rotatable bonds is 7. The average Bonchev–Trinajstić information content (AvgIpc) is 2.05. The number of hydrogen-bond donors (Lipinski definition) is 0. The molecule has 0 aliphatic carbocycles. The van der Waals surface area contributed by atoms with Crippen LogP contribution in [0.1, 0.15) is 39.5 Å². The Balaban J connectivity index is 3.33. The van der Waals surface area contributed by atoms with Gasteiger partial charge in [-0.1, -0.05) is 26.7 Å². The number of unbranched alkanes of at least 4 members (excludes halogenated alkanes) is 2. The predicted molar refractivity (Wildman–Crippen MR) is 49.4 cm³/mol. The summed E-state index contributed by atoms with van der Waals surface area (Å²) >= 11 is 0.633. The van der Waals surface area contributed by atoms with Gasteiger partial charge in [0.1, 0.15) is 0 Å². The third kappa shape index (κ3) is 6.38. The second kappa shape index (κ2) is 8.08. The first-order chi connectivity index (χ1) is 5.35. The van der Waals surface area contributed by atoms with E-state index in [0.29, 0.717) is 11.9 Å². The minimum atomic E-state index is 0.633. The van der Waals surface area contributed by atoms with Crippen LogP contribution in [0, 0.1) is 0 Å². The molecule has 0 heterocycles. The van der Waals surface area contributed by atoms with Crippen LogP contribution < -0.4 is 0 Å². The molecule has 0 spiro atoms. The van der Waals surface area contributed by atoms with Crippen LogP contribution in [-0.2, 0) is 16.1 Å². The summed E-state index contributed by atoms with van der Waals surface area (Å²) in [6.45, 7) is 6.19. The largest absolute Gasteiger partial charge is 0.590 e. The summed E-state index contributed by atoms with van der Waals surface area (Å²) in [4.78, 5) is 0. The summed E-state index contributed by atoms with van der Waals surface area (Å²) in [7, 11) is 0. The Morgan fingerprint density at radius 3 is 1.82 bits per heavy atom. The summed E-state index contributed by atoms with van der Waals surface area (Å²) in [5.41, 5.74) is 0. The van der Waals surface area contributed by atoms with Gasteiger partial charge in [0, 0.05) is 0 Å². The Morgan fingerprint density at radius 2 is 1.55 bits per heavy atom. The molecule has 3 heteroatoms. The summed E-state index contributed by atoms with van der Waals surface area (Å²) in [5, 5.41) is 0. The van der Waals surface area contributed by atoms with Gasteiger partial charge in [-0.05, 0) is 17.1 Å². The Labute approximate surface area is 73.6 Å². The Morgan fingerprint density at radius 1 is 1.09 bits per heavy atom. The summed E-state index contributed by atoms with van der Waals surface area (Å²) in [6.07, 6.45) is 4.62. The lowest BCUT2D eigenvalue weighted by Crippen LogP contribution is -2.20. The van der Waals surface area contributed by atoms with Gasteiger partial charge in [0.05, 0.1) is 17.3 Å². The highest BCUT2D eigenvalue weighted by atomic mass is 32.2. The fourth-order valence-corrected chi connectivity index (χ4v) is 1.26. The van der Waals surface area contributed by atoms with Crippen molar-refractivity contribution in [1.29, 1.82) is 0 Å². The molecule has 66 valence electrons. The first-order valence-electron chi connectivity index (χ1n) is 4.40. The van der Waals surface area contributed by atoms with E-state index in [1.807, 2.05) is 4.31 Å². The lowest BCUT2D eigenvalue weighted by atomic mass is 10.3. The zero-order chi connectivity index (χ0) is 8.53. The molecule has 0 saturated heterocycles. The maximum Gasteiger partial charge on any atom is 0.590 e. The van der Waals surface area contributed by atoms with Crippen molar-refractivity contribution < 1.29 is 4.21 Å². The van der Waals surface area contributed by atoms with E-state index >= 15 is 0 Å². The van der Waals surface area contributed by atoms with E-state index < -0.39 is 0 Å². The Hall–Kier alpha value is -0.0200. The van der Waals surface area contributed by atoms with Gasteiger partial charge in [0.15, 0.2) is 0 Å². The summed E-state index contributed by atoms with van der Waals surface area (Å²) < 4.78 is 12.4. The highest BCUT2D eigenvalue weighted by Gasteiger charge is 2.14. The molecule has 0 amide bonds. The van der Waals surface area contributed by atoms with E-state index in [1.165, 1.54) is 12.8 Å². The van der Waals surface area contributed by atoms with Gasteiger partial charge in [-0.25, -0.2) is 0 Å². The van der Waals surface area contributed by atoms with Crippen LogP contribution in [0.5, 0.6) is 0 Å². The number of nitrogens with zero attached hydrogens (tertiary/aromatic N) is 1. The summed E-state index contributed by atoms with van der Waals surface area (Å²) in [5.74, 6) is 0. The highest BCUT2D eigenvalue weighted by Crippen LogP contribution is 1.96. The molecule has 0 unspecified atom stereocenters. The molecular formula is C8H18NOS+. The van der Waals surface area contributed by atoms with Crippen LogP contribution in [0.2, 0.25) is 0 Å². The van der Waals surface area contributed by atoms with Crippen molar-refractivity contribution in [3.8, 4) is 0 Å². The van der Waals surface area contributed by atoms with Crippen molar-refractivity contribution in [2.24, 2.45) is 0 Å². The van der Waals surface area contributed by atoms with Crippen LogP contribution in [-0.4, -0.2) is 17.4 Å². The topological polar surface area (TPSA) is 20.3 Å². The van der Waals surface area contributed by atoms with Gasteiger partial charge in [-0.15, -0.1) is 0 Å². The fourth-order valence-electron chi connectivity index (χ4n) is 0.855. The highest BCUT2D eigenvalue weighted by molar-refractivity contribution is 7.62. The molecule has 0 bridgehead atoms. The van der Waals surface area contributed by atoms with E-state index in [4.69, 9.17) is 0 Å². The van der Waals surface area contributed by atoms with Gasteiger partial charge >= 0.3 is 11.9 Å². The van der Waals surface area contributed by atoms with Crippen LogP contribution in [0.3, 0.4) is 0 Å². The molecule has 0 atom stereocenters. The van der Waals surface area contributed by atoms with Crippen LogP contribution in [0.25, 0.3) is 0 Å². The molecule has 2 nitrogen and oxygen atoms in total. The molecule has 11 heavy (non-hydrogen) atoms. The normalized spacial score (nSPS) is 10.5. The van der Waals surface area contributed by atoms with Crippen LogP contribution >= 0.6 is 0 Å². The maximum atomic E-state index is 10.5. The monoisotopic (exact) mass is 176 g/mol. The molecular weight excluding hydrogens is 158 g/mol. The molecule has 0 aromatic heterocycles. The van der Waals surface area contributed by atoms with E-state index in [2.05, 4.69) is 13.8 Å². The van der Waals surface area contributed by atoms with E-state index in [1.54, 1.807) is 0 Å². The first kappa shape index (κ1) is 11.0. The van der Waals surface area contributed by atoms with Gasteiger partial charge < -0.3 is 0 Å². The molecule has 0 aliphatic heterocycles. The third-order valence-electron chi connectivity index (χ3n) is 1.63. The zero-order valence-electron chi connectivity index (χ0n) is 7.51.